The van der Waals surface area contributed by atoms with Crippen LogP contribution in [0.25, 0.3) is 0 Å². The van der Waals surface area contributed by atoms with Crippen LogP contribution in [0.3, 0.4) is 0 Å². The Kier molecular flexibility index (Phi) is 10.4. The molecule has 1 aromatic carbocycles. The lowest BCUT2D eigenvalue weighted by Crippen LogP contribution is -2.59. The van der Waals surface area contributed by atoms with Crippen LogP contribution in [0.5, 0.6) is 0 Å². The molecule has 1 unspecified atom stereocenters. The van der Waals surface area contributed by atoms with Crippen LogP contribution in [0, 0.1) is 5.41 Å². The summed E-state index contributed by atoms with van der Waals surface area (Å²) >= 11 is 6.22. The van der Waals surface area contributed by atoms with E-state index in [4.69, 9.17) is 25.9 Å². The summed E-state index contributed by atoms with van der Waals surface area (Å²) in [6.45, 7) is 8.01. The van der Waals surface area contributed by atoms with E-state index in [-0.39, 0.29) is 32.0 Å². The number of Topliss-reactive ketones (excluding diaryl/α,β-unsaturated/α-hetero) is 1. The molecule has 1 aliphatic carbocycles. The lowest BCUT2D eigenvalue weighted by Gasteiger charge is -2.35. The number of alkyl carbamates (subject to hydrolysis) is 1. The van der Waals surface area contributed by atoms with E-state index >= 15 is 0 Å². The molecular formula is C33H44ClN5O8. The molecule has 3 fully saturated rings. The van der Waals surface area contributed by atoms with Gasteiger partial charge in [-0.3, -0.25) is 19.2 Å². The van der Waals surface area contributed by atoms with E-state index in [1.807, 2.05) is 13.0 Å². The van der Waals surface area contributed by atoms with Gasteiger partial charge in [0.25, 0.3) is 5.91 Å². The van der Waals surface area contributed by atoms with Crippen molar-refractivity contribution in [1.82, 2.24) is 20.9 Å². The maximum Gasteiger partial charge on any atom is 0.408 e. The van der Waals surface area contributed by atoms with Crippen molar-refractivity contribution in [3.63, 3.8) is 0 Å². The van der Waals surface area contributed by atoms with Crippen LogP contribution in [0.4, 0.5) is 4.79 Å². The van der Waals surface area contributed by atoms with Crippen molar-refractivity contribution in [3.05, 3.63) is 34.9 Å². The zero-order valence-electron chi connectivity index (χ0n) is 27.3. The Balaban J connectivity index is 1.38. The second-order valence-corrected chi connectivity index (χ2v) is 14.4. The van der Waals surface area contributed by atoms with Gasteiger partial charge in [0, 0.05) is 35.9 Å². The molecular weight excluding hydrogens is 630 g/mol. The Morgan fingerprint density at radius 2 is 1.91 bits per heavy atom. The molecule has 14 heteroatoms. The zero-order valence-corrected chi connectivity index (χ0v) is 28.1. The molecule has 1 saturated carbocycles. The first-order valence-corrected chi connectivity index (χ1v) is 16.7. The van der Waals surface area contributed by atoms with Crippen molar-refractivity contribution in [2.24, 2.45) is 10.6 Å². The lowest BCUT2D eigenvalue weighted by atomic mass is 9.85. The highest BCUT2D eigenvalue weighted by molar-refractivity contribution is 6.38. The highest BCUT2D eigenvalue weighted by Crippen LogP contribution is 2.40. The van der Waals surface area contributed by atoms with Gasteiger partial charge in [-0.15, -0.1) is 0 Å². The number of ether oxygens (including phenoxy) is 2. The van der Waals surface area contributed by atoms with Crippen molar-refractivity contribution in [3.8, 4) is 0 Å². The molecule has 4 aliphatic rings. The second kappa shape index (κ2) is 14.2. The standard InChI is InChI=1S/C33H44ClN5O8/c1-5-7-23(26(40)29(42)35-21-10-11-21)36-28(41)25-16-33(15-24(38-47-33)19-8-6-9-20(34)14-19)18-39(25)30(43)27(32(2,3)4)37-31(44)46-22-12-13-45-17-22/h6,8-9,14,21-23,25,27H,5,7,10-13,15-18H2,1-4H3,(H,35,42)(H,36,41)(H,37,44)/t22-,23-,25-,27+,33?/m0/s1. The number of likely N-dealkylation sites (tertiary alicyclic amines) is 1. The third kappa shape index (κ3) is 8.42. The molecule has 0 bridgehead atoms. The topological polar surface area (TPSA) is 165 Å². The molecule has 1 spiro atoms. The average Bonchev–Trinajstić information content (AvgIpc) is 3.37. The first-order chi connectivity index (χ1) is 22.3. The zero-order chi connectivity index (χ0) is 33.9. The van der Waals surface area contributed by atoms with Crippen LogP contribution in [0.2, 0.25) is 5.02 Å². The normalized spacial score (nSPS) is 25.0. The van der Waals surface area contributed by atoms with Gasteiger partial charge in [-0.1, -0.05) is 63.0 Å². The summed E-state index contributed by atoms with van der Waals surface area (Å²) < 4.78 is 10.8. The number of ketones is 1. The van der Waals surface area contributed by atoms with E-state index in [1.165, 1.54) is 4.90 Å². The summed E-state index contributed by atoms with van der Waals surface area (Å²) in [5.41, 5.74) is -0.458. The van der Waals surface area contributed by atoms with Crippen molar-refractivity contribution in [2.45, 2.75) is 109 Å². The minimum absolute atomic E-state index is 0.00812. The average molecular weight is 674 g/mol. The molecule has 2 saturated heterocycles. The second-order valence-electron chi connectivity index (χ2n) is 14.0. The lowest BCUT2D eigenvalue weighted by molar-refractivity contribution is -0.144. The highest BCUT2D eigenvalue weighted by atomic mass is 35.5. The van der Waals surface area contributed by atoms with E-state index in [9.17, 15) is 24.0 Å². The summed E-state index contributed by atoms with van der Waals surface area (Å²) in [6.07, 6.45) is 2.15. The number of nitrogens with one attached hydrogen (secondary N) is 3. The van der Waals surface area contributed by atoms with Crippen molar-refractivity contribution >= 4 is 46.9 Å². The fourth-order valence-corrected chi connectivity index (χ4v) is 6.33. The number of benzene rings is 1. The molecule has 5 rings (SSSR count). The predicted octanol–water partition coefficient (Wildman–Crippen LogP) is 2.87. The number of oxime groups is 1. The van der Waals surface area contributed by atoms with Crippen LogP contribution in [0.1, 0.15) is 78.2 Å². The summed E-state index contributed by atoms with van der Waals surface area (Å²) in [6, 6.07) is 3.92. The van der Waals surface area contributed by atoms with E-state index in [2.05, 4.69) is 21.1 Å². The van der Waals surface area contributed by atoms with Gasteiger partial charge in [0.05, 0.1) is 31.5 Å². The van der Waals surface area contributed by atoms with Gasteiger partial charge in [0.2, 0.25) is 17.6 Å². The van der Waals surface area contributed by atoms with E-state index in [0.717, 1.165) is 18.4 Å². The number of nitrogens with zero attached hydrogens (tertiary/aromatic N) is 2. The number of hydrogen-bond acceptors (Lipinski definition) is 9. The van der Waals surface area contributed by atoms with Gasteiger partial charge in [-0.25, -0.2) is 4.79 Å². The number of halogens is 1. The number of rotatable bonds is 11. The van der Waals surface area contributed by atoms with Gasteiger partial charge in [0.1, 0.15) is 18.2 Å². The number of carbonyl (C=O) groups is 5. The monoisotopic (exact) mass is 673 g/mol. The Hall–Kier alpha value is -3.71. The third-order valence-electron chi connectivity index (χ3n) is 8.87. The van der Waals surface area contributed by atoms with Gasteiger partial charge < -0.3 is 35.2 Å². The maximum absolute atomic E-state index is 14.4. The van der Waals surface area contributed by atoms with Crippen molar-refractivity contribution < 1.29 is 38.3 Å². The first-order valence-electron chi connectivity index (χ1n) is 16.3. The van der Waals surface area contributed by atoms with Gasteiger partial charge in [-0.05, 0) is 36.8 Å². The fourth-order valence-electron chi connectivity index (χ4n) is 6.14. The van der Waals surface area contributed by atoms with Gasteiger partial charge in [0.15, 0.2) is 5.60 Å². The first kappa shape index (κ1) is 34.6. The SMILES string of the molecule is CCC[C@H](NC(=O)[C@@H]1CC2(CC(c3cccc(Cl)c3)=NO2)CN1C(=O)[C@@H](NC(=O)O[C@H]1CCOC1)C(C)(C)C)C(=O)C(=O)NC1CC1. The molecule has 4 amide bonds. The minimum Gasteiger partial charge on any atom is -0.444 e. The van der Waals surface area contributed by atoms with Crippen molar-refractivity contribution in [1.29, 1.82) is 0 Å². The number of hydrogen-bond donors (Lipinski definition) is 3. The Morgan fingerprint density at radius 1 is 1.15 bits per heavy atom. The molecule has 5 atom stereocenters. The summed E-state index contributed by atoms with van der Waals surface area (Å²) in [4.78, 5) is 74.5. The van der Waals surface area contributed by atoms with Crippen LogP contribution in [-0.2, 0) is 33.5 Å². The molecule has 47 heavy (non-hydrogen) atoms. The quantitative estimate of drug-likeness (QED) is 0.302. The predicted molar refractivity (Wildman–Crippen MR) is 172 cm³/mol. The highest BCUT2D eigenvalue weighted by Gasteiger charge is 2.56. The van der Waals surface area contributed by atoms with E-state index in [1.54, 1.807) is 39.0 Å². The fraction of sp³-hybridized carbons (Fsp3) is 0.636. The molecule has 3 heterocycles. The molecule has 13 nitrogen and oxygen atoms in total. The van der Waals surface area contributed by atoms with Crippen LogP contribution < -0.4 is 16.0 Å². The molecule has 0 aromatic heterocycles. The Morgan fingerprint density at radius 3 is 2.55 bits per heavy atom. The van der Waals surface area contributed by atoms with Crippen molar-refractivity contribution in [2.75, 3.05) is 19.8 Å². The summed E-state index contributed by atoms with van der Waals surface area (Å²) in [7, 11) is 0. The maximum atomic E-state index is 14.4. The number of carbonyl (C=O) groups excluding carboxylic acids is 5. The Bertz CT molecular complexity index is 1420. The van der Waals surface area contributed by atoms with E-state index in [0.29, 0.717) is 36.6 Å². The summed E-state index contributed by atoms with van der Waals surface area (Å²) in [5.74, 6) is -2.57. The van der Waals surface area contributed by atoms with Crippen LogP contribution in [-0.4, -0.2) is 95.8 Å². The molecule has 3 aliphatic heterocycles. The van der Waals surface area contributed by atoms with E-state index < -0.39 is 64.8 Å². The molecule has 3 N–H and O–H groups in total. The number of amides is 4. The molecule has 256 valence electrons. The van der Waals surface area contributed by atoms with Gasteiger partial charge in [-0.2, -0.15) is 0 Å². The summed E-state index contributed by atoms with van der Waals surface area (Å²) in [5, 5.41) is 13.0. The smallest absolute Gasteiger partial charge is 0.408 e. The molecule has 1 aromatic rings. The Labute approximate surface area is 279 Å². The van der Waals surface area contributed by atoms with Crippen LogP contribution in [0.15, 0.2) is 29.4 Å². The third-order valence-corrected chi connectivity index (χ3v) is 9.10. The largest absolute Gasteiger partial charge is 0.444 e. The molecule has 0 radical (unpaired) electrons. The van der Waals surface area contributed by atoms with Gasteiger partial charge >= 0.3 is 6.09 Å². The van der Waals surface area contributed by atoms with Crippen LogP contribution >= 0.6 is 11.6 Å². The minimum atomic E-state index is -1.08.